The topological polar surface area (TPSA) is 50.4 Å². The molecule has 0 aliphatic carbocycles. The fraction of sp³-hybridized carbons (Fsp3) is 0.133. The third kappa shape index (κ3) is 4.65. The van der Waals surface area contributed by atoms with Gasteiger partial charge in [-0.25, -0.2) is 9.18 Å². The minimum atomic E-state index is -0.538. The maximum Gasteiger partial charge on any atom is 0.411 e. The zero-order valence-electron chi connectivity index (χ0n) is 11.3. The Balaban J connectivity index is 2.02. The lowest BCUT2D eigenvalue weighted by molar-refractivity contribution is 0.187. The summed E-state index contributed by atoms with van der Waals surface area (Å²) >= 11 is 5.80. The molecule has 2 aromatic carbocycles. The molecule has 0 saturated carbocycles. The Bertz CT molecular complexity index is 629. The second-order valence-electron chi connectivity index (χ2n) is 4.33. The van der Waals surface area contributed by atoms with Crippen LogP contribution in [-0.2, 0) is 11.3 Å². The normalized spacial score (nSPS) is 10.0. The molecule has 0 saturated heterocycles. The van der Waals surface area contributed by atoms with Crippen molar-refractivity contribution in [2.45, 2.75) is 6.54 Å². The standard InChI is InChI=1S/C15H14ClFN2O2/c1-21-15(20)19-14-4-2-3-13(8-14)18-9-10-5-11(16)7-12(17)6-10/h2-8,18H,9H2,1H3,(H,19,20). The minimum Gasteiger partial charge on any atom is -0.453 e. The molecule has 6 heteroatoms. The van der Waals surface area contributed by atoms with Crippen molar-refractivity contribution in [2.24, 2.45) is 0 Å². The summed E-state index contributed by atoms with van der Waals surface area (Å²) in [5, 5.41) is 6.05. The Morgan fingerprint density at radius 3 is 2.71 bits per heavy atom. The third-order valence-corrected chi connectivity index (χ3v) is 2.93. The number of hydrogen-bond acceptors (Lipinski definition) is 3. The zero-order valence-corrected chi connectivity index (χ0v) is 12.1. The van der Waals surface area contributed by atoms with Crippen molar-refractivity contribution in [3.63, 3.8) is 0 Å². The molecule has 4 nitrogen and oxygen atoms in total. The van der Waals surface area contributed by atoms with E-state index in [-0.39, 0.29) is 5.82 Å². The molecule has 2 aromatic rings. The van der Waals surface area contributed by atoms with Crippen LogP contribution in [0.2, 0.25) is 5.02 Å². The maximum atomic E-state index is 13.2. The number of carbonyl (C=O) groups excluding carboxylic acids is 1. The Kier molecular flexibility index (Phi) is 5.00. The molecule has 1 amide bonds. The van der Waals surface area contributed by atoms with Gasteiger partial charge in [0.2, 0.25) is 0 Å². The molecule has 0 fully saturated rings. The molecule has 0 aliphatic rings. The predicted octanol–water partition coefficient (Wildman–Crippen LogP) is 4.27. The van der Waals surface area contributed by atoms with E-state index in [0.717, 1.165) is 11.3 Å². The van der Waals surface area contributed by atoms with E-state index >= 15 is 0 Å². The minimum absolute atomic E-state index is 0.355. The Morgan fingerprint density at radius 1 is 1.24 bits per heavy atom. The number of amides is 1. The fourth-order valence-corrected chi connectivity index (χ4v) is 2.04. The number of hydrogen-bond donors (Lipinski definition) is 2. The number of benzene rings is 2. The van der Waals surface area contributed by atoms with Gasteiger partial charge in [-0.1, -0.05) is 17.7 Å². The number of halogens is 2. The van der Waals surface area contributed by atoms with E-state index in [2.05, 4.69) is 15.4 Å². The Labute approximate surface area is 126 Å². The summed E-state index contributed by atoms with van der Waals surface area (Å²) in [5.74, 6) is -0.375. The van der Waals surface area contributed by atoms with Gasteiger partial charge in [-0.2, -0.15) is 0 Å². The molecule has 0 unspecified atom stereocenters. The third-order valence-electron chi connectivity index (χ3n) is 2.71. The number of anilines is 2. The van der Waals surface area contributed by atoms with Gasteiger partial charge >= 0.3 is 6.09 Å². The van der Waals surface area contributed by atoms with Gasteiger partial charge in [0.25, 0.3) is 0 Å². The number of methoxy groups -OCH3 is 1. The summed E-state index contributed by atoms with van der Waals surface area (Å²) in [4.78, 5) is 11.1. The molecular weight excluding hydrogens is 295 g/mol. The smallest absolute Gasteiger partial charge is 0.411 e. The van der Waals surface area contributed by atoms with Crippen LogP contribution >= 0.6 is 11.6 Å². The lowest BCUT2D eigenvalue weighted by Crippen LogP contribution is -2.11. The second kappa shape index (κ2) is 6.95. The average Bonchev–Trinajstić information content (AvgIpc) is 2.44. The van der Waals surface area contributed by atoms with Crippen molar-refractivity contribution in [1.82, 2.24) is 0 Å². The van der Waals surface area contributed by atoms with Crippen LogP contribution in [0.15, 0.2) is 42.5 Å². The molecule has 0 aliphatic heterocycles. The zero-order chi connectivity index (χ0) is 15.2. The van der Waals surface area contributed by atoms with Crippen molar-refractivity contribution >= 4 is 29.1 Å². The van der Waals surface area contributed by atoms with Gasteiger partial charge in [0.15, 0.2) is 0 Å². The monoisotopic (exact) mass is 308 g/mol. The van der Waals surface area contributed by atoms with Crippen molar-refractivity contribution in [3.05, 3.63) is 58.9 Å². The lowest BCUT2D eigenvalue weighted by atomic mass is 10.2. The molecule has 0 atom stereocenters. The first-order chi connectivity index (χ1) is 10.1. The van der Waals surface area contributed by atoms with Crippen molar-refractivity contribution in [1.29, 1.82) is 0 Å². The van der Waals surface area contributed by atoms with Crippen LogP contribution in [0.1, 0.15) is 5.56 Å². The van der Waals surface area contributed by atoms with E-state index in [9.17, 15) is 9.18 Å². The first-order valence-electron chi connectivity index (χ1n) is 6.20. The van der Waals surface area contributed by atoms with Crippen molar-refractivity contribution in [2.75, 3.05) is 17.7 Å². The molecule has 2 N–H and O–H groups in total. The molecule has 0 aromatic heterocycles. The first kappa shape index (κ1) is 15.1. The SMILES string of the molecule is COC(=O)Nc1cccc(NCc2cc(F)cc(Cl)c2)c1. The Hall–Kier alpha value is -2.27. The summed E-state index contributed by atoms with van der Waals surface area (Å²) in [6.07, 6.45) is -0.538. The van der Waals surface area contributed by atoms with Crippen LogP contribution in [0.25, 0.3) is 0 Å². The number of nitrogens with one attached hydrogen (secondary N) is 2. The fourth-order valence-electron chi connectivity index (χ4n) is 1.79. The van der Waals surface area contributed by atoms with Gasteiger partial charge in [-0.05, 0) is 42.0 Å². The highest BCUT2D eigenvalue weighted by Gasteiger charge is 2.03. The van der Waals surface area contributed by atoms with E-state index in [1.807, 2.05) is 6.07 Å². The van der Waals surface area contributed by atoms with Crippen molar-refractivity contribution < 1.29 is 13.9 Å². The lowest BCUT2D eigenvalue weighted by Gasteiger charge is -2.09. The Morgan fingerprint density at radius 2 is 2.00 bits per heavy atom. The molecule has 0 bridgehead atoms. The van der Waals surface area contributed by atoms with E-state index in [1.165, 1.54) is 19.2 Å². The molecule has 110 valence electrons. The molecule has 0 spiro atoms. The molecule has 0 radical (unpaired) electrons. The van der Waals surface area contributed by atoms with Crippen LogP contribution in [-0.4, -0.2) is 13.2 Å². The van der Waals surface area contributed by atoms with Gasteiger partial charge in [0.1, 0.15) is 5.82 Å². The number of rotatable bonds is 4. The molecule has 21 heavy (non-hydrogen) atoms. The van der Waals surface area contributed by atoms with Gasteiger partial charge < -0.3 is 10.1 Å². The summed E-state index contributed by atoms with van der Waals surface area (Å²) in [5.41, 5.74) is 2.11. The number of carbonyl (C=O) groups is 1. The molecule has 2 rings (SSSR count). The summed E-state index contributed by atoms with van der Waals surface area (Å²) in [7, 11) is 1.30. The van der Waals surface area contributed by atoms with E-state index in [0.29, 0.717) is 17.3 Å². The van der Waals surface area contributed by atoms with Gasteiger partial charge in [0.05, 0.1) is 7.11 Å². The van der Waals surface area contributed by atoms with E-state index < -0.39 is 6.09 Å². The summed E-state index contributed by atoms with van der Waals surface area (Å²) < 4.78 is 17.7. The van der Waals surface area contributed by atoms with Crippen molar-refractivity contribution in [3.8, 4) is 0 Å². The maximum absolute atomic E-state index is 13.2. The van der Waals surface area contributed by atoms with E-state index in [4.69, 9.17) is 11.6 Å². The van der Waals surface area contributed by atoms with Gasteiger partial charge in [0, 0.05) is 22.9 Å². The largest absolute Gasteiger partial charge is 0.453 e. The highest BCUT2D eigenvalue weighted by atomic mass is 35.5. The number of ether oxygens (including phenoxy) is 1. The predicted molar refractivity (Wildman–Crippen MR) is 81.2 cm³/mol. The first-order valence-corrected chi connectivity index (χ1v) is 6.58. The highest BCUT2D eigenvalue weighted by Crippen LogP contribution is 2.18. The van der Waals surface area contributed by atoms with Crippen LogP contribution in [0.5, 0.6) is 0 Å². The molecule has 0 heterocycles. The average molecular weight is 309 g/mol. The van der Waals surface area contributed by atoms with Crippen LogP contribution < -0.4 is 10.6 Å². The van der Waals surface area contributed by atoms with Gasteiger partial charge in [-0.15, -0.1) is 0 Å². The van der Waals surface area contributed by atoms with Gasteiger partial charge in [-0.3, -0.25) is 5.32 Å². The second-order valence-corrected chi connectivity index (χ2v) is 4.77. The quantitative estimate of drug-likeness (QED) is 0.887. The van der Waals surface area contributed by atoms with Crippen LogP contribution in [0.3, 0.4) is 0 Å². The summed E-state index contributed by atoms with van der Waals surface area (Å²) in [6.45, 7) is 0.416. The van der Waals surface area contributed by atoms with Crippen LogP contribution in [0.4, 0.5) is 20.6 Å². The molecular formula is C15H14ClFN2O2. The summed E-state index contributed by atoms with van der Waals surface area (Å²) in [6, 6.07) is 11.5. The van der Waals surface area contributed by atoms with Crippen LogP contribution in [0, 0.1) is 5.82 Å². The highest BCUT2D eigenvalue weighted by molar-refractivity contribution is 6.30. The van der Waals surface area contributed by atoms with E-state index in [1.54, 1.807) is 24.3 Å².